The Hall–Kier alpha value is -3.02. The van der Waals surface area contributed by atoms with Crippen LogP contribution < -0.4 is 11.2 Å². The van der Waals surface area contributed by atoms with Crippen molar-refractivity contribution in [2.75, 3.05) is 0 Å². The summed E-state index contributed by atoms with van der Waals surface area (Å²) in [6, 6.07) is 3.57. The van der Waals surface area contributed by atoms with Crippen LogP contribution in [-0.4, -0.2) is 33.5 Å². The summed E-state index contributed by atoms with van der Waals surface area (Å²) in [4.78, 5) is 35.5. The molecule has 0 fully saturated rings. The van der Waals surface area contributed by atoms with Gasteiger partial charge in [0.2, 0.25) is 0 Å². The number of fused-ring (bicyclic) bond motifs is 3. The minimum absolute atomic E-state index is 0.132. The molecule has 0 bridgehead atoms. The standard InChI is InChI=1S/C23H21ClN6O3S2/c1-12-10-34-21(26-12)18-16-17(27(2)23(32)28(3)22(16)31)19-20(14-4-5-15(24)33-14)35-13(9-30(18)19)8-29-7-6-25-11-29/h4-7,10-11,13,20H,8-9H2,1-3H3/t13-,20-/m1/s1. The lowest BCUT2D eigenvalue weighted by Gasteiger charge is -2.31. The normalized spacial score (nSPS) is 17.8. The molecule has 5 aromatic rings. The molecule has 35 heavy (non-hydrogen) atoms. The molecule has 0 N–H and O–H groups in total. The summed E-state index contributed by atoms with van der Waals surface area (Å²) < 4.78 is 12.8. The van der Waals surface area contributed by atoms with Crippen molar-refractivity contribution >= 4 is 45.6 Å². The van der Waals surface area contributed by atoms with Gasteiger partial charge in [-0.05, 0) is 30.7 Å². The summed E-state index contributed by atoms with van der Waals surface area (Å²) in [6.07, 6.45) is 5.49. The number of aromatic nitrogens is 6. The Kier molecular flexibility index (Phi) is 5.31. The van der Waals surface area contributed by atoms with Crippen LogP contribution in [0.3, 0.4) is 0 Å². The minimum atomic E-state index is -0.375. The molecule has 0 saturated heterocycles. The summed E-state index contributed by atoms with van der Waals surface area (Å²) in [6.45, 7) is 3.28. The van der Waals surface area contributed by atoms with Crippen molar-refractivity contribution in [2.24, 2.45) is 14.1 Å². The van der Waals surface area contributed by atoms with E-state index in [0.717, 1.165) is 33.2 Å². The Balaban J connectivity index is 1.69. The van der Waals surface area contributed by atoms with Crippen molar-refractivity contribution in [2.45, 2.75) is 30.5 Å². The number of thiazole rings is 1. The average molecular weight is 529 g/mol. The molecule has 0 aliphatic carbocycles. The lowest BCUT2D eigenvalue weighted by molar-refractivity contribution is 0.497. The molecule has 180 valence electrons. The van der Waals surface area contributed by atoms with Gasteiger partial charge in [0, 0.05) is 55.9 Å². The number of furan rings is 1. The van der Waals surface area contributed by atoms with E-state index < -0.39 is 0 Å². The van der Waals surface area contributed by atoms with Gasteiger partial charge in [0.25, 0.3) is 5.56 Å². The summed E-state index contributed by atoms with van der Waals surface area (Å²) in [5, 5.41) is 3.36. The Morgan fingerprint density at radius 3 is 2.71 bits per heavy atom. The maximum absolute atomic E-state index is 13.6. The number of thioether (sulfide) groups is 1. The van der Waals surface area contributed by atoms with Gasteiger partial charge in [0.05, 0.1) is 28.6 Å². The molecule has 0 unspecified atom stereocenters. The van der Waals surface area contributed by atoms with Gasteiger partial charge in [-0.1, -0.05) is 0 Å². The van der Waals surface area contributed by atoms with E-state index >= 15 is 0 Å². The van der Waals surface area contributed by atoms with E-state index in [1.54, 1.807) is 42.0 Å². The third-order valence-electron chi connectivity index (χ3n) is 6.32. The van der Waals surface area contributed by atoms with Crippen molar-refractivity contribution in [3.8, 4) is 10.7 Å². The second kappa shape index (κ2) is 8.28. The smallest absolute Gasteiger partial charge is 0.331 e. The zero-order valence-corrected chi connectivity index (χ0v) is 21.5. The topological polar surface area (TPSA) is 92.8 Å². The number of rotatable bonds is 4. The molecule has 6 rings (SSSR count). The highest BCUT2D eigenvalue weighted by Gasteiger charge is 2.38. The monoisotopic (exact) mass is 528 g/mol. The fourth-order valence-corrected chi connectivity index (χ4v) is 7.30. The number of hydrogen-bond donors (Lipinski definition) is 0. The average Bonchev–Trinajstić information content (AvgIpc) is 3.63. The predicted octanol–water partition coefficient (Wildman–Crippen LogP) is 3.82. The lowest BCUT2D eigenvalue weighted by Crippen LogP contribution is -2.37. The zero-order valence-electron chi connectivity index (χ0n) is 19.1. The largest absolute Gasteiger partial charge is 0.448 e. The van der Waals surface area contributed by atoms with Gasteiger partial charge in [0.15, 0.2) is 5.22 Å². The van der Waals surface area contributed by atoms with Crippen LogP contribution in [0.5, 0.6) is 0 Å². The van der Waals surface area contributed by atoms with Crippen molar-refractivity contribution in [3.63, 3.8) is 0 Å². The van der Waals surface area contributed by atoms with E-state index in [-0.39, 0.29) is 21.7 Å². The number of imidazole rings is 1. The Bertz CT molecular complexity index is 1690. The van der Waals surface area contributed by atoms with Crippen LogP contribution in [0.4, 0.5) is 0 Å². The molecular formula is C23H21ClN6O3S2. The summed E-state index contributed by atoms with van der Waals surface area (Å²) in [5.41, 5.74) is 2.36. The molecule has 0 aromatic carbocycles. The van der Waals surface area contributed by atoms with Crippen LogP contribution in [0.2, 0.25) is 5.22 Å². The second-order valence-electron chi connectivity index (χ2n) is 8.61. The van der Waals surface area contributed by atoms with Crippen LogP contribution >= 0.6 is 34.7 Å². The molecule has 5 aromatic heterocycles. The summed E-state index contributed by atoms with van der Waals surface area (Å²) in [7, 11) is 3.22. The van der Waals surface area contributed by atoms with E-state index in [0.29, 0.717) is 28.4 Å². The van der Waals surface area contributed by atoms with Crippen LogP contribution in [0, 0.1) is 6.92 Å². The van der Waals surface area contributed by atoms with Gasteiger partial charge in [-0.25, -0.2) is 14.8 Å². The van der Waals surface area contributed by atoms with Gasteiger partial charge >= 0.3 is 5.69 Å². The molecular weight excluding hydrogens is 508 g/mol. The van der Waals surface area contributed by atoms with Gasteiger partial charge in [0.1, 0.15) is 16.0 Å². The zero-order chi connectivity index (χ0) is 24.4. The second-order valence-corrected chi connectivity index (χ2v) is 11.2. The van der Waals surface area contributed by atoms with Gasteiger partial charge < -0.3 is 13.6 Å². The lowest BCUT2D eigenvalue weighted by atomic mass is 10.2. The van der Waals surface area contributed by atoms with Crippen molar-refractivity contribution in [1.29, 1.82) is 0 Å². The first kappa shape index (κ1) is 22.4. The van der Waals surface area contributed by atoms with E-state index in [1.807, 2.05) is 29.1 Å². The molecule has 2 atom stereocenters. The Morgan fingerprint density at radius 1 is 1.23 bits per heavy atom. The number of nitrogens with zero attached hydrogens (tertiary/aromatic N) is 6. The molecule has 1 aliphatic heterocycles. The molecule has 0 spiro atoms. The first-order chi connectivity index (χ1) is 16.8. The fourth-order valence-electron chi connectivity index (χ4n) is 4.79. The SMILES string of the molecule is Cc1csc(-c2c3c(=O)n(C)c(=O)n(C)c3c3n2C[C@@H](Cn2ccnc2)S[C@@H]3c2ccc(Cl)o2)n1. The first-order valence-corrected chi connectivity index (χ1v) is 13.1. The van der Waals surface area contributed by atoms with Crippen LogP contribution in [0.15, 0.2) is 50.2 Å². The quantitative estimate of drug-likeness (QED) is 0.352. The van der Waals surface area contributed by atoms with Crippen molar-refractivity contribution < 1.29 is 4.42 Å². The van der Waals surface area contributed by atoms with E-state index in [9.17, 15) is 9.59 Å². The summed E-state index contributed by atoms with van der Waals surface area (Å²) >= 11 is 9.39. The highest BCUT2D eigenvalue weighted by molar-refractivity contribution is 8.00. The van der Waals surface area contributed by atoms with Crippen LogP contribution in [0.1, 0.15) is 22.4 Å². The van der Waals surface area contributed by atoms with E-state index in [4.69, 9.17) is 21.0 Å². The third kappa shape index (κ3) is 3.52. The minimum Gasteiger partial charge on any atom is -0.448 e. The fraction of sp³-hybridized carbons (Fsp3) is 0.304. The van der Waals surface area contributed by atoms with Crippen molar-refractivity contribution in [3.05, 3.63) is 79.4 Å². The van der Waals surface area contributed by atoms with E-state index in [2.05, 4.69) is 9.55 Å². The highest BCUT2D eigenvalue weighted by Crippen LogP contribution is 2.49. The van der Waals surface area contributed by atoms with E-state index in [1.165, 1.54) is 18.4 Å². The molecule has 1 aliphatic rings. The van der Waals surface area contributed by atoms with Crippen LogP contribution in [-0.2, 0) is 27.2 Å². The molecule has 0 saturated carbocycles. The Labute approximate surface area is 212 Å². The van der Waals surface area contributed by atoms with Gasteiger partial charge in [-0.2, -0.15) is 0 Å². The highest BCUT2D eigenvalue weighted by atomic mass is 35.5. The number of aryl methyl sites for hydroxylation is 2. The molecule has 9 nitrogen and oxygen atoms in total. The first-order valence-electron chi connectivity index (χ1n) is 10.9. The number of halogens is 1. The van der Waals surface area contributed by atoms with Gasteiger partial charge in [-0.3, -0.25) is 13.9 Å². The molecule has 0 amide bonds. The van der Waals surface area contributed by atoms with Gasteiger partial charge in [-0.15, -0.1) is 23.1 Å². The third-order valence-corrected chi connectivity index (χ3v) is 8.90. The molecule has 6 heterocycles. The molecule has 12 heteroatoms. The summed E-state index contributed by atoms with van der Waals surface area (Å²) in [5.74, 6) is 0.672. The Morgan fingerprint density at radius 2 is 2.06 bits per heavy atom. The maximum Gasteiger partial charge on any atom is 0.331 e. The predicted molar refractivity (Wildman–Crippen MR) is 137 cm³/mol. The maximum atomic E-state index is 13.6. The molecule has 0 radical (unpaired) electrons. The van der Waals surface area contributed by atoms with Crippen LogP contribution in [0.25, 0.3) is 21.6 Å². The van der Waals surface area contributed by atoms with Crippen molar-refractivity contribution in [1.82, 2.24) is 28.2 Å². The number of hydrogen-bond acceptors (Lipinski definition) is 7.